The molecule has 0 unspecified atom stereocenters. The van der Waals surface area contributed by atoms with Crippen molar-refractivity contribution < 1.29 is 13.6 Å². The molecular formula is C18H12F2N2O. The minimum atomic E-state index is -0.396. The second-order valence-electron chi connectivity index (χ2n) is 4.97. The van der Waals surface area contributed by atoms with Crippen molar-refractivity contribution in [1.82, 2.24) is 9.97 Å². The Labute approximate surface area is 131 Å². The zero-order chi connectivity index (χ0) is 16.2. The second kappa shape index (κ2) is 6.44. The van der Waals surface area contributed by atoms with Gasteiger partial charge in [-0.15, -0.1) is 0 Å². The minimum absolute atomic E-state index is 0.00316. The molecule has 2 aromatic carbocycles. The molecule has 0 aliphatic rings. The summed E-state index contributed by atoms with van der Waals surface area (Å²) in [4.78, 5) is 20.3. The van der Waals surface area contributed by atoms with E-state index in [-0.39, 0.29) is 18.0 Å². The molecule has 114 valence electrons. The molecule has 0 saturated carbocycles. The van der Waals surface area contributed by atoms with Crippen molar-refractivity contribution in [3.63, 3.8) is 0 Å². The highest BCUT2D eigenvalue weighted by Crippen LogP contribution is 2.20. The highest BCUT2D eigenvalue weighted by atomic mass is 19.1. The van der Waals surface area contributed by atoms with Gasteiger partial charge in [0.2, 0.25) is 0 Å². The predicted molar refractivity (Wildman–Crippen MR) is 81.9 cm³/mol. The van der Waals surface area contributed by atoms with Crippen molar-refractivity contribution in [3.8, 4) is 11.1 Å². The van der Waals surface area contributed by atoms with Gasteiger partial charge in [0.1, 0.15) is 17.5 Å². The number of aromatic nitrogens is 2. The Bertz CT molecular complexity index is 830. The molecular weight excluding hydrogens is 298 g/mol. The lowest BCUT2D eigenvalue weighted by Crippen LogP contribution is -2.07. The Morgan fingerprint density at radius 2 is 1.57 bits per heavy atom. The number of carbonyl (C=O) groups is 1. The van der Waals surface area contributed by atoms with Gasteiger partial charge in [-0.1, -0.05) is 18.2 Å². The van der Waals surface area contributed by atoms with E-state index in [1.54, 1.807) is 18.2 Å². The van der Waals surface area contributed by atoms with Crippen molar-refractivity contribution in [2.45, 2.75) is 6.42 Å². The lowest BCUT2D eigenvalue weighted by molar-refractivity contribution is 0.0990. The van der Waals surface area contributed by atoms with Crippen molar-refractivity contribution in [2.75, 3.05) is 0 Å². The number of hydrogen-bond acceptors (Lipinski definition) is 3. The third kappa shape index (κ3) is 3.45. The SMILES string of the molecule is O=C(Cc1ncc(-c2ccccc2F)cn1)c1ccc(F)cc1. The van der Waals surface area contributed by atoms with Gasteiger partial charge in [0.05, 0.1) is 6.42 Å². The maximum atomic E-state index is 13.7. The zero-order valence-corrected chi connectivity index (χ0v) is 12.0. The van der Waals surface area contributed by atoms with E-state index in [4.69, 9.17) is 0 Å². The molecule has 3 rings (SSSR count). The fourth-order valence-corrected chi connectivity index (χ4v) is 2.16. The van der Waals surface area contributed by atoms with Crippen LogP contribution in [0.2, 0.25) is 0 Å². The maximum Gasteiger partial charge on any atom is 0.170 e. The first-order chi connectivity index (χ1) is 11.1. The summed E-state index contributed by atoms with van der Waals surface area (Å²) in [6.07, 6.45) is 2.97. The highest BCUT2D eigenvalue weighted by Gasteiger charge is 2.10. The Kier molecular flexibility index (Phi) is 4.19. The Morgan fingerprint density at radius 3 is 2.22 bits per heavy atom. The van der Waals surface area contributed by atoms with Crippen LogP contribution >= 0.6 is 0 Å². The van der Waals surface area contributed by atoms with Crippen molar-refractivity contribution in [2.24, 2.45) is 0 Å². The number of Topliss-reactive ketones (excluding diaryl/α,β-unsaturated/α-hetero) is 1. The van der Waals surface area contributed by atoms with E-state index in [9.17, 15) is 13.6 Å². The van der Waals surface area contributed by atoms with Crippen LogP contribution in [0.3, 0.4) is 0 Å². The van der Waals surface area contributed by atoms with Crippen LogP contribution in [0.15, 0.2) is 60.9 Å². The molecule has 0 bridgehead atoms. The predicted octanol–water partition coefficient (Wildman–Crippen LogP) is 3.85. The van der Waals surface area contributed by atoms with Crippen LogP contribution in [0.25, 0.3) is 11.1 Å². The van der Waals surface area contributed by atoms with Crippen LogP contribution in [0, 0.1) is 11.6 Å². The number of benzene rings is 2. The largest absolute Gasteiger partial charge is 0.294 e. The van der Waals surface area contributed by atoms with Gasteiger partial charge in [-0.05, 0) is 30.3 Å². The van der Waals surface area contributed by atoms with Crippen molar-refractivity contribution in [1.29, 1.82) is 0 Å². The van der Waals surface area contributed by atoms with Gasteiger partial charge in [0, 0.05) is 29.1 Å². The summed E-state index contributed by atoms with van der Waals surface area (Å²) in [5.74, 6) is -0.624. The van der Waals surface area contributed by atoms with Crippen LogP contribution < -0.4 is 0 Å². The number of hydrogen-bond donors (Lipinski definition) is 0. The van der Waals surface area contributed by atoms with Crippen molar-refractivity contribution in [3.05, 3.63) is 83.9 Å². The fraction of sp³-hybridized carbons (Fsp3) is 0.0556. The molecule has 3 aromatic rings. The Morgan fingerprint density at radius 1 is 0.913 bits per heavy atom. The highest BCUT2D eigenvalue weighted by molar-refractivity contribution is 5.97. The lowest BCUT2D eigenvalue weighted by atomic mass is 10.1. The van der Waals surface area contributed by atoms with Gasteiger partial charge < -0.3 is 0 Å². The second-order valence-corrected chi connectivity index (χ2v) is 4.97. The molecule has 0 atom stereocenters. The molecule has 0 spiro atoms. The molecule has 0 fully saturated rings. The smallest absolute Gasteiger partial charge is 0.170 e. The summed E-state index contributed by atoms with van der Waals surface area (Å²) in [6.45, 7) is 0. The molecule has 1 heterocycles. The number of carbonyl (C=O) groups excluding carboxylic acids is 1. The number of nitrogens with zero attached hydrogens (tertiary/aromatic N) is 2. The Hall–Kier alpha value is -2.95. The van der Waals surface area contributed by atoms with Crippen LogP contribution in [0.5, 0.6) is 0 Å². The average molecular weight is 310 g/mol. The minimum Gasteiger partial charge on any atom is -0.294 e. The van der Waals surface area contributed by atoms with E-state index < -0.39 is 5.82 Å². The summed E-state index contributed by atoms with van der Waals surface area (Å²) in [6, 6.07) is 11.6. The van der Waals surface area contributed by atoms with Crippen LogP contribution in [0.1, 0.15) is 16.2 Å². The van der Waals surface area contributed by atoms with E-state index in [1.807, 2.05) is 0 Å². The third-order valence-corrected chi connectivity index (χ3v) is 3.38. The molecule has 0 saturated heterocycles. The van der Waals surface area contributed by atoms with E-state index in [2.05, 4.69) is 9.97 Å². The quantitative estimate of drug-likeness (QED) is 0.688. The average Bonchev–Trinajstić information content (AvgIpc) is 2.57. The number of halogens is 2. The first-order valence-corrected chi connectivity index (χ1v) is 6.98. The summed E-state index contributed by atoms with van der Waals surface area (Å²) >= 11 is 0. The summed E-state index contributed by atoms with van der Waals surface area (Å²) in [7, 11) is 0. The van der Waals surface area contributed by atoms with E-state index in [0.29, 0.717) is 22.5 Å². The third-order valence-electron chi connectivity index (χ3n) is 3.38. The maximum absolute atomic E-state index is 13.7. The number of ketones is 1. The fourth-order valence-electron chi connectivity index (χ4n) is 2.16. The topological polar surface area (TPSA) is 42.9 Å². The van der Waals surface area contributed by atoms with E-state index >= 15 is 0 Å². The lowest BCUT2D eigenvalue weighted by Gasteiger charge is -2.04. The van der Waals surface area contributed by atoms with E-state index in [0.717, 1.165) is 0 Å². The van der Waals surface area contributed by atoms with Crippen LogP contribution in [-0.4, -0.2) is 15.8 Å². The Balaban J connectivity index is 1.76. The molecule has 0 amide bonds. The van der Waals surface area contributed by atoms with Gasteiger partial charge >= 0.3 is 0 Å². The number of rotatable bonds is 4. The van der Waals surface area contributed by atoms with Gasteiger partial charge in [0.25, 0.3) is 0 Å². The summed E-state index contributed by atoms with van der Waals surface area (Å²) in [5.41, 5.74) is 1.35. The summed E-state index contributed by atoms with van der Waals surface area (Å²) in [5, 5.41) is 0. The molecule has 0 N–H and O–H groups in total. The van der Waals surface area contributed by atoms with E-state index in [1.165, 1.54) is 42.7 Å². The molecule has 23 heavy (non-hydrogen) atoms. The molecule has 5 heteroatoms. The molecule has 0 aliphatic heterocycles. The first-order valence-electron chi connectivity index (χ1n) is 6.98. The monoisotopic (exact) mass is 310 g/mol. The van der Waals surface area contributed by atoms with Crippen LogP contribution in [0.4, 0.5) is 8.78 Å². The van der Waals surface area contributed by atoms with Crippen molar-refractivity contribution >= 4 is 5.78 Å². The van der Waals surface area contributed by atoms with Gasteiger partial charge in [-0.3, -0.25) is 4.79 Å². The van der Waals surface area contributed by atoms with Gasteiger partial charge in [-0.25, -0.2) is 18.7 Å². The van der Waals surface area contributed by atoms with Crippen LogP contribution in [-0.2, 0) is 6.42 Å². The van der Waals surface area contributed by atoms with Gasteiger partial charge in [0.15, 0.2) is 5.78 Å². The molecule has 0 radical (unpaired) electrons. The standard InChI is InChI=1S/C18H12F2N2O/c19-14-7-5-12(6-8-14)17(23)9-18-21-10-13(11-22-18)15-3-1-2-4-16(15)20/h1-8,10-11H,9H2. The first kappa shape index (κ1) is 15.0. The van der Waals surface area contributed by atoms with Gasteiger partial charge in [-0.2, -0.15) is 0 Å². The zero-order valence-electron chi connectivity index (χ0n) is 12.0. The molecule has 3 nitrogen and oxygen atoms in total. The summed E-state index contributed by atoms with van der Waals surface area (Å²) < 4.78 is 26.5. The molecule has 1 aromatic heterocycles. The normalized spacial score (nSPS) is 10.5. The molecule has 0 aliphatic carbocycles.